The van der Waals surface area contributed by atoms with Gasteiger partial charge in [0.2, 0.25) is 0 Å². The number of para-hydroxylation sites is 1. The maximum atomic E-state index is 13.3. The van der Waals surface area contributed by atoms with Crippen LogP contribution in [0.3, 0.4) is 0 Å². The smallest absolute Gasteiger partial charge is 0.344 e. The number of carbonyl (C=O) groups is 2. The van der Waals surface area contributed by atoms with Crippen LogP contribution >= 0.6 is 0 Å². The number of hydrogen-bond acceptors (Lipinski definition) is 5. The number of carbonyl (C=O) groups excluding carboxylic acids is 2. The van der Waals surface area contributed by atoms with Gasteiger partial charge in [-0.25, -0.2) is 9.18 Å². The van der Waals surface area contributed by atoms with E-state index in [0.717, 1.165) is 5.56 Å². The van der Waals surface area contributed by atoms with Crippen LogP contribution in [-0.4, -0.2) is 32.2 Å². The highest BCUT2D eigenvalue weighted by Gasteiger charge is 2.10. The van der Waals surface area contributed by atoms with Crippen LogP contribution in [0.15, 0.2) is 48.5 Å². The molecule has 0 radical (unpaired) electrons. The molecule has 7 heteroatoms. The summed E-state index contributed by atoms with van der Waals surface area (Å²) in [5.74, 6) is -1.17. The summed E-state index contributed by atoms with van der Waals surface area (Å²) in [5.41, 5.74) is 0.849. The van der Waals surface area contributed by atoms with Gasteiger partial charge in [-0.2, -0.15) is 0 Å². The Balaban J connectivity index is 1.68. The second kappa shape index (κ2) is 9.27. The Bertz CT molecular complexity index is 735. The van der Waals surface area contributed by atoms with E-state index in [1.165, 1.54) is 18.2 Å². The molecule has 0 atom stereocenters. The van der Waals surface area contributed by atoms with Gasteiger partial charge in [0.15, 0.2) is 24.8 Å². The summed E-state index contributed by atoms with van der Waals surface area (Å²) in [7, 11) is 1.56. The highest BCUT2D eigenvalue weighted by molar-refractivity contribution is 5.80. The van der Waals surface area contributed by atoms with Gasteiger partial charge in [0, 0.05) is 6.54 Å². The molecule has 1 N–H and O–H groups in total. The fourth-order valence-electron chi connectivity index (χ4n) is 1.92. The van der Waals surface area contributed by atoms with E-state index < -0.39 is 30.9 Å². The summed E-state index contributed by atoms with van der Waals surface area (Å²) in [5, 5.41) is 2.62. The summed E-state index contributed by atoms with van der Waals surface area (Å²) in [6, 6.07) is 12.9. The second-order valence-electron chi connectivity index (χ2n) is 5.01. The normalized spacial score (nSPS) is 10.0. The minimum Gasteiger partial charge on any atom is -0.497 e. The van der Waals surface area contributed by atoms with Gasteiger partial charge in [-0.1, -0.05) is 24.3 Å². The summed E-state index contributed by atoms with van der Waals surface area (Å²) in [6.07, 6.45) is 0. The third-order valence-electron chi connectivity index (χ3n) is 3.17. The van der Waals surface area contributed by atoms with E-state index in [9.17, 15) is 14.0 Å². The second-order valence-corrected chi connectivity index (χ2v) is 5.01. The Hall–Kier alpha value is -3.09. The highest BCUT2D eigenvalue weighted by Crippen LogP contribution is 2.15. The standard InChI is InChI=1S/C18H18FNO5/c1-23-14-6-4-5-13(9-14)10-20-17(21)11-25-18(22)12-24-16-8-3-2-7-15(16)19/h2-9H,10-12H2,1H3,(H,20,21). The molecular weight excluding hydrogens is 329 g/mol. The van der Waals surface area contributed by atoms with Crippen LogP contribution < -0.4 is 14.8 Å². The number of rotatable bonds is 8. The topological polar surface area (TPSA) is 73.9 Å². The molecule has 0 heterocycles. The number of esters is 1. The Morgan fingerprint density at radius 1 is 1.08 bits per heavy atom. The van der Waals surface area contributed by atoms with E-state index in [1.54, 1.807) is 31.4 Å². The third-order valence-corrected chi connectivity index (χ3v) is 3.17. The van der Waals surface area contributed by atoms with Crippen LogP contribution in [-0.2, 0) is 20.9 Å². The zero-order valence-electron chi connectivity index (χ0n) is 13.7. The van der Waals surface area contributed by atoms with Gasteiger partial charge >= 0.3 is 5.97 Å². The van der Waals surface area contributed by atoms with Crippen molar-refractivity contribution < 1.29 is 28.2 Å². The van der Waals surface area contributed by atoms with Crippen molar-refractivity contribution in [3.63, 3.8) is 0 Å². The molecule has 0 saturated carbocycles. The molecule has 132 valence electrons. The number of nitrogens with one attached hydrogen (secondary N) is 1. The van der Waals surface area contributed by atoms with Crippen molar-refractivity contribution in [3.8, 4) is 11.5 Å². The lowest BCUT2D eigenvalue weighted by molar-refractivity contribution is -0.150. The van der Waals surface area contributed by atoms with Gasteiger partial charge in [0.25, 0.3) is 5.91 Å². The minimum atomic E-state index is -0.764. The number of benzene rings is 2. The average Bonchev–Trinajstić information content (AvgIpc) is 2.64. The van der Waals surface area contributed by atoms with Crippen LogP contribution in [0.2, 0.25) is 0 Å². The van der Waals surface area contributed by atoms with Crippen LogP contribution in [0.5, 0.6) is 11.5 Å². The summed E-state index contributed by atoms with van der Waals surface area (Å²) < 4.78 is 28.2. The zero-order valence-corrected chi connectivity index (χ0v) is 13.7. The average molecular weight is 347 g/mol. The van der Waals surface area contributed by atoms with E-state index in [2.05, 4.69) is 5.32 Å². The molecule has 0 aliphatic heterocycles. The maximum Gasteiger partial charge on any atom is 0.344 e. The van der Waals surface area contributed by atoms with Gasteiger partial charge < -0.3 is 19.5 Å². The Morgan fingerprint density at radius 3 is 2.64 bits per heavy atom. The first-order valence-corrected chi connectivity index (χ1v) is 7.51. The van der Waals surface area contributed by atoms with Crippen LogP contribution in [0.1, 0.15) is 5.56 Å². The summed E-state index contributed by atoms with van der Waals surface area (Å²) >= 11 is 0. The van der Waals surface area contributed by atoms with E-state index >= 15 is 0 Å². The van der Waals surface area contributed by atoms with Crippen molar-refractivity contribution in [3.05, 3.63) is 59.9 Å². The molecule has 6 nitrogen and oxygen atoms in total. The highest BCUT2D eigenvalue weighted by atomic mass is 19.1. The first-order chi connectivity index (χ1) is 12.1. The van der Waals surface area contributed by atoms with Gasteiger partial charge in [0.05, 0.1) is 7.11 Å². The first-order valence-electron chi connectivity index (χ1n) is 7.51. The molecule has 0 fully saturated rings. The van der Waals surface area contributed by atoms with Crippen LogP contribution in [0.25, 0.3) is 0 Å². The van der Waals surface area contributed by atoms with Crippen LogP contribution in [0, 0.1) is 5.82 Å². The molecule has 2 aromatic carbocycles. The lowest BCUT2D eigenvalue weighted by atomic mass is 10.2. The molecule has 25 heavy (non-hydrogen) atoms. The van der Waals surface area contributed by atoms with Crippen molar-refractivity contribution >= 4 is 11.9 Å². The van der Waals surface area contributed by atoms with E-state index in [-0.39, 0.29) is 12.3 Å². The van der Waals surface area contributed by atoms with E-state index in [0.29, 0.717) is 5.75 Å². The minimum absolute atomic E-state index is 0.0538. The predicted molar refractivity (Wildman–Crippen MR) is 87.7 cm³/mol. The third kappa shape index (κ3) is 6.14. The molecule has 1 amide bonds. The Morgan fingerprint density at radius 2 is 1.88 bits per heavy atom. The van der Waals surface area contributed by atoms with Gasteiger partial charge in [-0.05, 0) is 29.8 Å². The van der Waals surface area contributed by atoms with Gasteiger partial charge in [0.1, 0.15) is 5.75 Å². The Kier molecular flexibility index (Phi) is 6.76. The quantitative estimate of drug-likeness (QED) is 0.740. The molecule has 0 bridgehead atoms. The van der Waals surface area contributed by atoms with Crippen LogP contribution in [0.4, 0.5) is 4.39 Å². The molecule has 0 aliphatic rings. The zero-order chi connectivity index (χ0) is 18.1. The summed E-state index contributed by atoms with van der Waals surface area (Å²) in [6.45, 7) is -0.646. The van der Waals surface area contributed by atoms with Crippen molar-refractivity contribution in [1.82, 2.24) is 5.32 Å². The molecule has 0 saturated heterocycles. The number of amides is 1. The molecule has 0 aliphatic carbocycles. The molecule has 2 aromatic rings. The lowest BCUT2D eigenvalue weighted by Crippen LogP contribution is -2.29. The molecule has 0 unspecified atom stereocenters. The fourth-order valence-corrected chi connectivity index (χ4v) is 1.92. The largest absolute Gasteiger partial charge is 0.497 e. The van der Waals surface area contributed by atoms with Crippen molar-refractivity contribution in [1.29, 1.82) is 0 Å². The lowest BCUT2D eigenvalue weighted by Gasteiger charge is -2.09. The maximum absolute atomic E-state index is 13.3. The monoisotopic (exact) mass is 347 g/mol. The molecule has 0 aromatic heterocycles. The van der Waals surface area contributed by atoms with Gasteiger partial charge in [-0.3, -0.25) is 4.79 Å². The molecule has 2 rings (SSSR count). The predicted octanol–water partition coefficient (Wildman–Crippen LogP) is 2.07. The van der Waals surface area contributed by atoms with Crippen molar-refractivity contribution in [2.24, 2.45) is 0 Å². The van der Waals surface area contributed by atoms with Crippen molar-refractivity contribution in [2.75, 3.05) is 20.3 Å². The SMILES string of the molecule is COc1cccc(CNC(=O)COC(=O)COc2ccccc2F)c1. The van der Waals surface area contributed by atoms with Crippen molar-refractivity contribution in [2.45, 2.75) is 6.54 Å². The number of methoxy groups -OCH3 is 1. The van der Waals surface area contributed by atoms with Gasteiger partial charge in [-0.15, -0.1) is 0 Å². The summed E-state index contributed by atoms with van der Waals surface area (Å²) in [4.78, 5) is 23.2. The molecule has 0 spiro atoms. The number of ether oxygens (including phenoxy) is 3. The first kappa shape index (κ1) is 18.3. The Labute approximate surface area is 144 Å². The van der Waals surface area contributed by atoms with E-state index in [4.69, 9.17) is 14.2 Å². The fraction of sp³-hybridized carbons (Fsp3) is 0.222. The number of halogens is 1. The number of hydrogen-bond donors (Lipinski definition) is 1. The molecular formula is C18H18FNO5. The van der Waals surface area contributed by atoms with E-state index in [1.807, 2.05) is 6.07 Å².